The van der Waals surface area contributed by atoms with Gasteiger partial charge in [0, 0.05) is 10.0 Å². The van der Waals surface area contributed by atoms with Gasteiger partial charge in [-0.25, -0.2) is 0 Å². The van der Waals surface area contributed by atoms with Crippen LogP contribution in [0.25, 0.3) is 11.1 Å². The molecule has 2 heteroatoms. The molecule has 0 unspecified atom stereocenters. The summed E-state index contributed by atoms with van der Waals surface area (Å²) in [6.07, 6.45) is 0. The second kappa shape index (κ2) is 5.37. The highest BCUT2D eigenvalue weighted by molar-refractivity contribution is 9.10. The van der Waals surface area contributed by atoms with Crippen LogP contribution in [0.1, 0.15) is 12.5 Å². The Hall–Kier alpha value is -1.28. The highest BCUT2D eigenvalue weighted by atomic mass is 79.9. The molecule has 0 heterocycles. The second-order valence-electron chi connectivity index (χ2n) is 3.94. The van der Waals surface area contributed by atoms with Crippen LogP contribution >= 0.6 is 15.9 Å². The van der Waals surface area contributed by atoms with E-state index in [-0.39, 0.29) is 0 Å². The van der Waals surface area contributed by atoms with E-state index in [2.05, 4.69) is 53.2 Å². The fourth-order valence-electron chi connectivity index (χ4n) is 1.74. The lowest BCUT2D eigenvalue weighted by molar-refractivity contribution is 0.341. The molecule has 0 atom stereocenters. The SMILES string of the molecule is CCOc1cc(Br)ccc1-c1ccc(C)cc1. The molecule has 0 aliphatic rings. The van der Waals surface area contributed by atoms with Gasteiger partial charge in [-0.05, 0) is 37.6 Å². The normalized spacial score (nSPS) is 10.3. The summed E-state index contributed by atoms with van der Waals surface area (Å²) >= 11 is 3.47. The Morgan fingerprint density at radius 2 is 1.76 bits per heavy atom. The van der Waals surface area contributed by atoms with E-state index in [1.807, 2.05) is 19.1 Å². The molecule has 0 aliphatic carbocycles. The first-order valence-electron chi connectivity index (χ1n) is 5.70. The fraction of sp³-hybridized carbons (Fsp3) is 0.200. The van der Waals surface area contributed by atoms with E-state index in [4.69, 9.17) is 4.74 Å². The van der Waals surface area contributed by atoms with Crippen molar-refractivity contribution >= 4 is 15.9 Å². The number of ether oxygens (including phenoxy) is 1. The molecular weight excluding hydrogens is 276 g/mol. The number of benzene rings is 2. The molecule has 0 amide bonds. The van der Waals surface area contributed by atoms with Crippen LogP contribution in [0.3, 0.4) is 0 Å². The highest BCUT2D eigenvalue weighted by Gasteiger charge is 2.06. The minimum absolute atomic E-state index is 0.676. The monoisotopic (exact) mass is 290 g/mol. The maximum absolute atomic E-state index is 5.67. The van der Waals surface area contributed by atoms with Gasteiger partial charge in [0.2, 0.25) is 0 Å². The topological polar surface area (TPSA) is 9.23 Å². The zero-order chi connectivity index (χ0) is 12.3. The standard InChI is InChI=1S/C15H15BrO/c1-3-17-15-10-13(16)8-9-14(15)12-6-4-11(2)5-7-12/h4-10H,3H2,1-2H3. The van der Waals surface area contributed by atoms with Gasteiger partial charge in [0.05, 0.1) is 6.61 Å². The van der Waals surface area contributed by atoms with Crippen molar-refractivity contribution in [3.05, 3.63) is 52.5 Å². The van der Waals surface area contributed by atoms with Crippen LogP contribution in [-0.2, 0) is 0 Å². The summed E-state index contributed by atoms with van der Waals surface area (Å²) in [5.41, 5.74) is 3.59. The highest BCUT2D eigenvalue weighted by Crippen LogP contribution is 2.32. The number of aryl methyl sites for hydroxylation is 1. The second-order valence-corrected chi connectivity index (χ2v) is 4.86. The average Bonchev–Trinajstić information content (AvgIpc) is 2.31. The quantitative estimate of drug-likeness (QED) is 0.787. The lowest BCUT2D eigenvalue weighted by Crippen LogP contribution is -1.94. The van der Waals surface area contributed by atoms with Crippen LogP contribution in [-0.4, -0.2) is 6.61 Å². The fourth-order valence-corrected chi connectivity index (χ4v) is 2.08. The van der Waals surface area contributed by atoms with Crippen molar-refractivity contribution in [2.45, 2.75) is 13.8 Å². The van der Waals surface area contributed by atoms with Gasteiger partial charge < -0.3 is 4.74 Å². The van der Waals surface area contributed by atoms with Crippen LogP contribution in [0.5, 0.6) is 5.75 Å². The minimum atomic E-state index is 0.676. The van der Waals surface area contributed by atoms with Crippen molar-refractivity contribution in [1.29, 1.82) is 0 Å². The Labute approximate surface area is 111 Å². The van der Waals surface area contributed by atoms with Crippen LogP contribution in [0.2, 0.25) is 0 Å². The lowest BCUT2D eigenvalue weighted by atomic mass is 10.0. The number of halogens is 1. The molecule has 0 aromatic heterocycles. The summed E-state index contributed by atoms with van der Waals surface area (Å²) in [6.45, 7) is 4.77. The van der Waals surface area contributed by atoms with Gasteiger partial charge in [-0.3, -0.25) is 0 Å². The third-order valence-electron chi connectivity index (χ3n) is 2.61. The first-order valence-corrected chi connectivity index (χ1v) is 6.49. The summed E-state index contributed by atoms with van der Waals surface area (Å²) in [5, 5.41) is 0. The van der Waals surface area contributed by atoms with E-state index in [1.165, 1.54) is 11.1 Å². The Balaban J connectivity index is 2.46. The van der Waals surface area contributed by atoms with E-state index in [9.17, 15) is 0 Å². The molecule has 0 saturated heterocycles. The Morgan fingerprint density at radius 3 is 2.41 bits per heavy atom. The summed E-state index contributed by atoms with van der Waals surface area (Å²) in [5.74, 6) is 0.922. The number of rotatable bonds is 3. The molecule has 0 aliphatic heterocycles. The number of hydrogen-bond donors (Lipinski definition) is 0. The van der Waals surface area contributed by atoms with Crippen molar-refractivity contribution in [1.82, 2.24) is 0 Å². The van der Waals surface area contributed by atoms with Crippen molar-refractivity contribution in [3.8, 4) is 16.9 Å². The van der Waals surface area contributed by atoms with Crippen LogP contribution in [0.4, 0.5) is 0 Å². The van der Waals surface area contributed by atoms with Gasteiger partial charge in [-0.15, -0.1) is 0 Å². The summed E-state index contributed by atoms with van der Waals surface area (Å²) in [7, 11) is 0. The molecule has 0 bridgehead atoms. The van der Waals surface area contributed by atoms with E-state index >= 15 is 0 Å². The van der Waals surface area contributed by atoms with Crippen LogP contribution in [0.15, 0.2) is 46.9 Å². The lowest BCUT2D eigenvalue weighted by Gasteiger charge is -2.11. The van der Waals surface area contributed by atoms with Gasteiger partial charge in [0.15, 0.2) is 0 Å². The molecule has 0 N–H and O–H groups in total. The zero-order valence-electron chi connectivity index (χ0n) is 10.0. The minimum Gasteiger partial charge on any atom is -0.493 e. The van der Waals surface area contributed by atoms with Gasteiger partial charge in [0.25, 0.3) is 0 Å². The molecule has 2 aromatic carbocycles. The maximum Gasteiger partial charge on any atom is 0.128 e. The first kappa shape index (κ1) is 12.2. The molecule has 0 radical (unpaired) electrons. The van der Waals surface area contributed by atoms with E-state index in [1.54, 1.807) is 0 Å². The van der Waals surface area contributed by atoms with E-state index in [0.29, 0.717) is 6.61 Å². The van der Waals surface area contributed by atoms with Crippen molar-refractivity contribution in [2.24, 2.45) is 0 Å². The van der Waals surface area contributed by atoms with E-state index < -0.39 is 0 Å². The molecule has 17 heavy (non-hydrogen) atoms. The Bertz CT molecular complexity index is 503. The van der Waals surface area contributed by atoms with Crippen LogP contribution in [0, 0.1) is 6.92 Å². The van der Waals surface area contributed by atoms with Crippen LogP contribution < -0.4 is 4.74 Å². The summed E-state index contributed by atoms with van der Waals surface area (Å²) in [6, 6.07) is 14.6. The number of hydrogen-bond acceptors (Lipinski definition) is 1. The van der Waals surface area contributed by atoms with Crippen molar-refractivity contribution in [3.63, 3.8) is 0 Å². The first-order chi connectivity index (χ1) is 8.20. The smallest absolute Gasteiger partial charge is 0.128 e. The van der Waals surface area contributed by atoms with E-state index in [0.717, 1.165) is 15.8 Å². The van der Waals surface area contributed by atoms with Gasteiger partial charge in [-0.1, -0.05) is 45.8 Å². The van der Waals surface area contributed by atoms with Gasteiger partial charge in [0.1, 0.15) is 5.75 Å². The average molecular weight is 291 g/mol. The predicted molar refractivity (Wildman–Crippen MR) is 75.5 cm³/mol. The largest absolute Gasteiger partial charge is 0.493 e. The summed E-state index contributed by atoms with van der Waals surface area (Å²) < 4.78 is 6.71. The molecular formula is C15H15BrO. The van der Waals surface area contributed by atoms with Gasteiger partial charge in [-0.2, -0.15) is 0 Å². The molecule has 2 aromatic rings. The molecule has 1 nitrogen and oxygen atoms in total. The molecule has 0 fully saturated rings. The maximum atomic E-state index is 5.67. The predicted octanol–water partition coefficient (Wildman–Crippen LogP) is 4.82. The van der Waals surface area contributed by atoms with Crippen molar-refractivity contribution in [2.75, 3.05) is 6.61 Å². The Morgan fingerprint density at radius 1 is 1.06 bits per heavy atom. The molecule has 0 saturated carbocycles. The molecule has 88 valence electrons. The third kappa shape index (κ3) is 2.89. The van der Waals surface area contributed by atoms with Gasteiger partial charge >= 0.3 is 0 Å². The molecule has 2 rings (SSSR count). The molecule has 0 spiro atoms. The Kier molecular flexibility index (Phi) is 3.85. The third-order valence-corrected chi connectivity index (χ3v) is 3.10. The summed E-state index contributed by atoms with van der Waals surface area (Å²) in [4.78, 5) is 0. The van der Waals surface area contributed by atoms with Crippen molar-refractivity contribution < 1.29 is 4.74 Å². The zero-order valence-corrected chi connectivity index (χ0v) is 11.6.